The number of amides is 1. The minimum atomic E-state index is -0.742. The lowest BCUT2D eigenvalue weighted by molar-refractivity contribution is -0.132. The van der Waals surface area contributed by atoms with Crippen LogP contribution in [-0.4, -0.2) is 23.4 Å². The Balaban J connectivity index is 1.88. The summed E-state index contributed by atoms with van der Waals surface area (Å²) in [6, 6.07) is 21.2. The highest BCUT2D eigenvalue weighted by Crippen LogP contribution is 2.42. The number of benzene rings is 3. The number of carbonyl (C=O) groups excluding carboxylic acids is 2. The van der Waals surface area contributed by atoms with Gasteiger partial charge in [0, 0.05) is 11.3 Å². The standard InChI is InChI=1S/C28H27NO4/c1-4-15-33-23-12-8-11-21(17-23)26(30)24-25(20-9-6-5-7-10-20)29(28(32)27(24)31)22-14-13-18(2)19(3)16-22/h5-14,16-17,25,30H,4,15H2,1-3H3/b26-24+. The number of anilines is 1. The maximum Gasteiger partial charge on any atom is 0.300 e. The molecule has 1 N–H and O–H groups in total. The molecule has 0 radical (unpaired) electrons. The van der Waals surface area contributed by atoms with Gasteiger partial charge in [0.25, 0.3) is 11.7 Å². The van der Waals surface area contributed by atoms with Gasteiger partial charge in [0.05, 0.1) is 18.2 Å². The summed E-state index contributed by atoms with van der Waals surface area (Å²) in [5, 5.41) is 11.3. The van der Waals surface area contributed by atoms with E-state index in [1.165, 1.54) is 4.90 Å². The van der Waals surface area contributed by atoms with Gasteiger partial charge in [-0.15, -0.1) is 0 Å². The van der Waals surface area contributed by atoms with Gasteiger partial charge >= 0.3 is 0 Å². The smallest absolute Gasteiger partial charge is 0.300 e. The number of nitrogens with zero attached hydrogens (tertiary/aromatic N) is 1. The van der Waals surface area contributed by atoms with Gasteiger partial charge in [-0.2, -0.15) is 0 Å². The molecule has 4 rings (SSSR count). The van der Waals surface area contributed by atoms with Gasteiger partial charge in [-0.25, -0.2) is 0 Å². The van der Waals surface area contributed by atoms with Crippen LogP contribution in [0.3, 0.4) is 0 Å². The van der Waals surface area contributed by atoms with Crippen molar-refractivity contribution in [3.63, 3.8) is 0 Å². The normalized spacial score (nSPS) is 17.4. The van der Waals surface area contributed by atoms with Gasteiger partial charge in [-0.3, -0.25) is 14.5 Å². The maximum absolute atomic E-state index is 13.3. The van der Waals surface area contributed by atoms with E-state index in [4.69, 9.17) is 4.74 Å². The van der Waals surface area contributed by atoms with E-state index in [0.717, 1.165) is 23.1 Å². The largest absolute Gasteiger partial charge is 0.507 e. The van der Waals surface area contributed by atoms with Crippen molar-refractivity contribution in [3.8, 4) is 5.75 Å². The summed E-state index contributed by atoms with van der Waals surface area (Å²) < 4.78 is 5.69. The summed E-state index contributed by atoms with van der Waals surface area (Å²) >= 11 is 0. The number of hydrogen-bond acceptors (Lipinski definition) is 4. The number of aliphatic hydroxyl groups is 1. The Kier molecular flexibility index (Phi) is 6.31. The molecule has 1 saturated heterocycles. The predicted octanol–water partition coefficient (Wildman–Crippen LogP) is 5.72. The Morgan fingerprint density at radius 1 is 0.939 bits per heavy atom. The number of ketones is 1. The van der Waals surface area contributed by atoms with Crippen LogP contribution in [0.2, 0.25) is 0 Å². The first-order chi connectivity index (χ1) is 15.9. The zero-order chi connectivity index (χ0) is 23.5. The van der Waals surface area contributed by atoms with Crippen molar-refractivity contribution in [3.05, 3.63) is 101 Å². The summed E-state index contributed by atoms with van der Waals surface area (Å²) in [7, 11) is 0. The molecule has 1 aliphatic heterocycles. The predicted molar refractivity (Wildman–Crippen MR) is 129 cm³/mol. The third-order valence-electron chi connectivity index (χ3n) is 5.91. The van der Waals surface area contributed by atoms with Crippen molar-refractivity contribution in [1.29, 1.82) is 0 Å². The van der Waals surface area contributed by atoms with Crippen LogP contribution in [0.15, 0.2) is 78.4 Å². The van der Waals surface area contributed by atoms with E-state index in [0.29, 0.717) is 23.6 Å². The van der Waals surface area contributed by atoms with E-state index in [-0.39, 0.29) is 11.3 Å². The summed E-state index contributed by atoms with van der Waals surface area (Å²) in [5.41, 5.74) is 3.97. The van der Waals surface area contributed by atoms with Crippen LogP contribution >= 0.6 is 0 Å². The minimum Gasteiger partial charge on any atom is -0.507 e. The number of aryl methyl sites for hydroxylation is 2. The quantitative estimate of drug-likeness (QED) is 0.302. The summed E-state index contributed by atoms with van der Waals surface area (Å²) in [6.07, 6.45) is 0.852. The Hall–Kier alpha value is -3.86. The van der Waals surface area contributed by atoms with Crippen LogP contribution < -0.4 is 9.64 Å². The molecule has 3 aromatic rings. The average Bonchev–Trinajstić information content (AvgIpc) is 3.10. The van der Waals surface area contributed by atoms with Crippen molar-refractivity contribution >= 4 is 23.1 Å². The monoisotopic (exact) mass is 441 g/mol. The molecule has 3 aromatic carbocycles. The Morgan fingerprint density at radius 3 is 2.39 bits per heavy atom. The minimum absolute atomic E-state index is 0.0667. The van der Waals surface area contributed by atoms with Gasteiger partial charge in [-0.05, 0) is 61.2 Å². The lowest BCUT2D eigenvalue weighted by Gasteiger charge is -2.26. The van der Waals surface area contributed by atoms with Crippen LogP contribution in [0.4, 0.5) is 5.69 Å². The molecule has 5 heteroatoms. The fraction of sp³-hybridized carbons (Fsp3) is 0.214. The van der Waals surface area contributed by atoms with E-state index >= 15 is 0 Å². The number of Topliss-reactive ketones (excluding diaryl/α,β-unsaturated/α-hetero) is 1. The Labute approximate surface area is 193 Å². The van der Waals surface area contributed by atoms with Crippen molar-refractivity contribution in [2.75, 3.05) is 11.5 Å². The highest BCUT2D eigenvalue weighted by molar-refractivity contribution is 6.51. The van der Waals surface area contributed by atoms with Gasteiger partial charge in [0.1, 0.15) is 11.5 Å². The van der Waals surface area contributed by atoms with Crippen LogP contribution in [-0.2, 0) is 9.59 Å². The molecule has 1 unspecified atom stereocenters. The first-order valence-electron chi connectivity index (χ1n) is 11.1. The summed E-state index contributed by atoms with van der Waals surface area (Å²) in [6.45, 7) is 6.52. The van der Waals surface area contributed by atoms with E-state index in [1.807, 2.05) is 69.3 Å². The number of rotatable bonds is 6. The van der Waals surface area contributed by atoms with E-state index in [1.54, 1.807) is 24.3 Å². The van der Waals surface area contributed by atoms with Crippen molar-refractivity contribution in [2.45, 2.75) is 33.2 Å². The van der Waals surface area contributed by atoms with E-state index < -0.39 is 17.7 Å². The molecular formula is C28H27NO4. The zero-order valence-corrected chi connectivity index (χ0v) is 19.0. The maximum atomic E-state index is 13.3. The summed E-state index contributed by atoms with van der Waals surface area (Å²) in [4.78, 5) is 28.0. The molecule has 0 saturated carbocycles. The third-order valence-corrected chi connectivity index (χ3v) is 5.91. The fourth-order valence-electron chi connectivity index (χ4n) is 4.03. The van der Waals surface area contributed by atoms with Gasteiger partial charge in [0.2, 0.25) is 0 Å². The number of hydrogen-bond donors (Lipinski definition) is 1. The molecule has 1 heterocycles. The van der Waals surface area contributed by atoms with Crippen LogP contribution in [0.25, 0.3) is 5.76 Å². The molecule has 33 heavy (non-hydrogen) atoms. The first-order valence-corrected chi connectivity index (χ1v) is 11.1. The van der Waals surface area contributed by atoms with Gasteiger partial charge in [0.15, 0.2) is 0 Å². The molecule has 168 valence electrons. The molecule has 0 aromatic heterocycles. The van der Waals surface area contributed by atoms with E-state index in [2.05, 4.69) is 0 Å². The number of aliphatic hydroxyl groups excluding tert-OH is 1. The molecule has 0 spiro atoms. The highest BCUT2D eigenvalue weighted by Gasteiger charge is 2.47. The van der Waals surface area contributed by atoms with Crippen molar-refractivity contribution in [2.24, 2.45) is 0 Å². The van der Waals surface area contributed by atoms with Crippen LogP contribution in [0.1, 0.15) is 41.6 Å². The molecule has 1 aliphatic rings. The molecule has 0 bridgehead atoms. The number of carbonyl (C=O) groups is 2. The van der Waals surface area contributed by atoms with Crippen molar-refractivity contribution < 1.29 is 19.4 Å². The average molecular weight is 442 g/mol. The fourth-order valence-corrected chi connectivity index (χ4v) is 4.03. The lowest BCUT2D eigenvalue weighted by Crippen LogP contribution is -2.29. The molecule has 1 amide bonds. The first kappa shape index (κ1) is 22.3. The van der Waals surface area contributed by atoms with E-state index in [9.17, 15) is 14.7 Å². The van der Waals surface area contributed by atoms with Crippen molar-refractivity contribution in [1.82, 2.24) is 0 Å². The second kappa shape index (κ2) is 9.33. The molecular weight excluding hydrogens is 414 g/mol. The Morgan fingerprint density at radius 2 is 1.70 bits per heavy atom. The zero-order valence-electron chi connectivity index (χ0n) is 19.0. The molecule has 5 nitrogen and oxygen atoms in total. The molecule has 1 fully saturated rings. The molecule has 1 atom stereocenters. The Bertz CT molecular complexity index is 1230. The topological polar surface area (TPSA) is 66.8 Å². The summed E-state index contributed by atoms with van der Waals surface area (Å²) in [5.74, 6) is -0.984. The van der Waals surface area contributed by atoms with Gasteiger partial charge < -0.3 is 9.84 Å². The van der Waals surface area contributed by atoms with Crippen LogP contribution in [0, 0.1) is 13.8 Å². The third kappa shape index (κ3) is 4.27. The number of ether oxygens (including phenoxy) is 1. The van der Waals surface area contributed by atoms with Crippen LogP contribution in [0.5, 0.6) is 5.75 Å². The van der Waals surface area contributed by atoms with Gasteiger partial charge in [-0.1, -0.05) is 55.5 Å². The lowest BCUT2D eigenvalue weighted by atomic mass is 9.95. The molecule has 0 aliphatic carbocycles. The SMILES string of the molecule is CCCOc1cccc(/C(O)=C2\C(=O)C(=O)N(c3ccc(C)c(C)c3)C2c2ccccc2)c1. The second-order valence-electron chi connectivity index (χ2n) is 8.22. The highest BCUT2D eigenvalue weighted by atomic mass is 16.5. The second-order valence-corrected chi connectivity index (χ2v) is 8.22.